The van der Waals surface area contributed by atoms with Crippen LogP contribution in [-0.2, 0) is 28.6 Å². The van der Waals surface area contributed by atoms with E-state index in [9.17, 15) is 29.1 Å². The summed E-state index contributed by atoms with van der Waals surface area (Å²) in [6, 6.07) is 0. The molecular weight excluding hydrogens is 458 g/mol. The number of quaternary nitrogens is 1. The number of cyclic esters (lactones) is 1. The number of nitrogens with one attached hydrogen (secondary N) is 2. The molecule has 33 heavy (non-hydrogen) atoms. The summed E-state index contributed by atoms with van der Waals surface area (Å²) in [6.07, 6.45) is -3.84. The van der Waals surface area contributed by atoms with Gasteiger partial charge in [0.1, 0.15) is 13.2 Å². The van der Waals surface area contributed by atoms with E-state index >= 15 is 0 Å². The molecule has 12 nitrogen and oxygen atoms in total. The Kier molecular flexibility index (Phi) is 10.9. The third kappa shape index (κ3) is 11.8. The molecule has 1 saturated heterocycles. The van der Waals surface area contributed by atoms with E-state index in [2.05, 4.69) is 10.6 Å². The van der Waals surface area contributed by atoms with Crippen LogP contribution < -0.4 is 15.7 Å². The van der Waals surface area contributed by atoms with Crippen molar-refractivity contribution in [1.82, 2.24) is 10.6 Å². The SMILES string of the molecule is CC(C)(COC(=O)O[C@H](CC(=O)[O-])C[N+](C)(C)C)[C@H]1OC(=O)SCCNC(=O)CCNC1=O. The Bertz CT molecular complexity index is 737. The van der Waals surface area contributed by atoms with Gasteiger partial charge in [0.25, 0.3) is 5.91 Å². The maximum absolute atomic E-state index is 12.7. The smallest absolute Gasteiger partial charge is 0.508 e. The molecular formula is C20H33N3O9S. The van der Waals surface area contributed by atoms with Crippen LogP contribution in [0.5, 0.6) is 0 Å². The Morgan fingerprint density at radius 1 is 1.21 bits per heavy atom. The first-order valence-electron chi connectivity index (χ1n) is 10.4. The number of likely N-dealkylation sites (N-methyl/N-ethyl adjacent to an activating group) is 1. The summed E-state index contributed by atoms with van der Waals surface area (Å²) >= 11 is 0.807. The molecule has 0 unspecified atom stereocenters. The number of carbonyl (C=O) groups excluding carboxylic acids is 5. The lowest BCUT2D eigenvalue weighted by Crippen LogP contribution is -2.49. The molecule has 0 aromatic heterocycles. The van der Waals surface area contributed by atoms with E-state index in [1.807, 2.05) is 0 Å². The van der Waals surface area contributed by atoms with Crippen LogP contribution in [0.25, 0.3) is 0 Å². The number of hydrogen-bond acceptors (Lipinski definition) is 10. The van der Waals surface area contributed by atoms with Crippen molar-refractivity contribution in [2.24, 2.45) is 5.41 Å². The molecule has 0 bridgehead atoms. The molecule has 0 spiro atoms. The largest absolute Gasteiger partial charge is 0.550 e. The quantitative estimate of drug-likeness (QED) is 0.327. The van der Waals surface area contributed by atoms with E-state index in [4.69, 9.17) is 14.2 Å². The van der Waals surface area contributed by atoms with Crippen LogP contribution >= 0.6 is 11.8 Å². The predicted molar refractivity (Wildman–Crippen MR) is 116 cm³/mol. The monoisotopic (exact) mass is 491 g/mol. The van der Waals surface area contributed by atoms with Gasteiger partial charge in [0.2, 0.25) is 5.91 Å². The van der Waals surface area contributed by atoms with E-state index in [1.165, 1.54) is 0 Å². The fourth-order valence-corrected chi connectivity index (χ4v) is 3.47. The highest BCUT2D eigenvalue weighted by atomic mass is 32.2. The third-order valence-corrected chi connectivity index (χ3v) is 5.17. The van der Waals surface area contributed by atoms with Crippen molar-refractivity contribution in [3.8, 4) is 0 Å². The van der Waals surface area contributed by atoms with Crippen LogP contribution in [0.4, 0.5) is 9.59 Å². The van der Waals surface area contributed by atoms with Crippen LogP contribution in [0.15, 0.2) is 0 Å². The van der Waals surface area contributed by atoms with Gasteiger partial charge in [0.05, 0.1) is 21.1 Å². The lowest BCUT2D eigenvalue weighted by atomic mass is 9.86. The lowest BCUT2D eigenvalue weighted by Gasteiger charge is -2.32. The van der Waals surface area contributed by atoms with E-state index in [1.54, 1.807) is 35.0 Å². The van der Waals surface area contributed by atoms with Gasteiger partial charge in [-0.2, -0.15) is 0 Å². The first kappa shape index (κ1) is 28.5. The molecule has 1 heterocycles. The molecule has 188 valence electrons. The fourth-order valence-electron chi connectivity index (χ4n) is 2.93. The lowest BCUT2D eigenvalue weighted by molar-refractivity contribution is -0.873. The highest BCUT2D eigenvalue weighted by molar-refractivity contribution is 8.13. The van der Waals surface area contributed by atoms with Crippen molar-refractivity contribution in [1.29, 1.82) is 0 Å². The van der Waals surface area contributed by atoms with Gasteiger partial charge in [-0.3, -0.25) is 9.59 Å². The molecule has 2 atom stereocenters. The number of thioether (sulfide) groups is 1. The zero-order chi connectivity index (χ0) is 25.2. The summed E-state index contributed by atoms with van der Waals surface area (Å²) < 4.78 is 15.9. The summed E-state index contributed by atoms with van der Waals surface area (Å²) in [5, 5.41) is 15.4. The van der Waals surface area contributed by atoms with Crippen LogP contribution in [0, 0.1) is 5.41 Å². The summed E-state index contributed by atoms with van der Waals surface area (Å²) in [7, 11) is 5.41. The van der Waals surface area contributed by atoms with E-state index in [0.717, 1.165) is 11.8 Å². The molecule has 0 aromatic rings. The van der Waals surface area contributed by atoms with Gasteiger partial charge in [-0.1, -0.05) is 13.8 Å². The molecule has 1 fully saturated rings. The molecule has 13 heteroatoms. The van der Waals surface area contributed by atoms with Crippen molar-refractivity contribution in [2.45, 2.75) is 38.9 Å². The minimum absolute atomic E-state index is 0.0425. The van der Waals surface area contributed by atoms with Crippen molar-refractivity contribution < 1.29 is 47.8 Å². The Labute approximate surface area is 197 Å². The van der Waals surface area contributed by atoms with Gasteiger partial charge in [0, 0.05) is 43.1 Å². The van der Waals surface area contributed by atoms with E-state index < -0.39 is 47.4 Å². The van der Waals surface area contributed by atoms with Gasteiger partial charge >= 0.3 is 11.5 Å². The second-order valence-corrected chi connectivity index (χ2v) is 10.3. The summed E-state index contributed by atoms with van der Waals surface area (Å²) in [4.78, 5) is 59.7. The topological polar surface area (TPSA) is 160 Å². The van der Waals surface area contributed by atoms with Crippen LogP contribution in [0.1, 0.15) is 26.7 Å². The Hall–Kier alpha value is -2.54. The highest BCUT2D eigenvalue weighted by Crippen LogP contribution is 2.27. The maximum atomic E-state index is 12.7. The molecule has 1 aliphatic rings. The van der Waals surface area contributed by atoms with Crippen molar-refractivity contribution in [2.75, 3.05) is 53.1 Å². The standard InChI is InChI=1S/C20H33N3O9S/c1-20(2,12-30-18(28)31-13(10-15(25)26)11-23(3,4)5)16-17(27)22-7-6-14(24)21-8-9-33-19(29)32-16/h13,16H,6-12H2,1-5H3,(H2-,21,22,24,25,26,27)/t13-,16+/m1/s1. The molecule has 2 N–H and O–H groups in total. The molecule has 1 aliphatic heterocycles. The van der Waals surface area contributed by atoms with E-state index in [-0.39, 0.29) is 44.3 Å². The molecule has 2 amide bonds. The van der Waals surface area contributed by atoms with Crippen LogP contribution in [-0.4, -0.2) is 99.1 Å². The Morgan fingerprint density at radius 3 is 2.48 bits per heavy atom. The number of hydrogen-bond donors (Lipinski definition) is 2. The number of carboxylic acids is 1. The van der Waals surface area contributed by atoms with E-state index in [0.29, 0.717) is 4.48 Å². The first-order valence-corrected chi connectivity index (χ1v) is 11.4. The molecule has 0 saturated carbocycles. The Morgan fingerprint density at radius 2 is 1.88 bits per heavy atom. The molecule has 0 aromatic carbocycles. The third-order valence-electron chi connectivity index (χ3n) is 4.43. The molecule has 0 aliphatic carbocycles. The summed E-state index contributed by atoms with van der Waals surface area (Å²) in [5.74, 6) is -2.00. The maximum Gasteiger partial charge on any atom is 0.508 e. The molecule has 1 rings (SSSR count). The van der Waals surface area contributed by atoms with Gasteiger partial charge in [-0.25, -0.2) is 9.59 Å². The number of aliphatic carboxylic acids is 1. The van der Waals surface area contributed by atoms with Crippen molar-refractivity contribution in [3.05, 3.63) is 0 Å². The highest BCUT2D eigenvalue weighted by Gasteiger charge is 2.40. The second kappa shape index (κ2) is 12.6. The fraction of sp³-hybridized carbons (Fsp3) is 0.750. The van der Waals surface area contributed by atoms with Gasteiger partial charge in [0.15, 0.2) is 12.2 Å². The minimum Gasteiger partial charge on any atom is -0.550 e. The Balaban J connectivity index is 2.82. The minimum atomic E-state index is -1.37. The number of carbonyl (C=O) groups is 5. The number of ether oxygens (including phenoxy) is 3. The average molecular weight is 492 g/mol. The number of carboxylic acid groups (broad SMARTS) is 1. The average Bonchev–Trinajstić information content (AvgIpc) is 2.65. The van der Waals surface area contributed by atoms with Crippen molar-refractivity contribution >= 4 is 41.0 Å². The number of nitrogens with zero attached hydrogens (tertiary/aromatic N) is 1. The number of amides is 2. The zero-order valence-electron chi connectivity index (χ0n) is 19.6. The summed E-state index contributed by atoms with van der Waals surface area (Å²) in [6.45, 7) is 3.29. The van der Waals surface area contributed by atoms with Gasteiger partial charge in [-0.15, -0.1) is 0 Å². The normalized spacial score (nSPS) is 19.7. The zero-order valence-corrected chi connectivity index (χ0v) is 20.5. The van der Waals surface area contributed by atoms with Crippen LogP contribution in [0.2, 0.25) is 0 Å². The van der Waals surface area contributed by atoms with Gasteiger partial charge in [-0.05, 0) is 11.8 Å². The summed E-state index contributed by atoms with van der Waals surface area (Å²) in [5.41, 5.74) is -1.16. The van der Waals surface area contributed by atoms with Gasteiger partial charge < -0.3 is 39.2 Å². The second-order valence-electron chi connectivity index (χ2n) is 9.30. The van der Waals surface area contributed by atoms with Crippen LogP contribution in [0.3, 0.4) is 0 Å². The molecule has 0 radical (unpaired) electrons. The first-order chi connectivity index (χ1) is 15.2. The number of rotatable bonds is 8. The van der Waals surface area contributed by atoms with Crippen molar-refractivity contribution in [3.63, 3.8) is 0 Å². The predicted octanol–water partition coefficient (Wildman–Crippen LogP) is -0.745.